The van der Waals surface area contributed by atoms with Gasteiger partial charge in [-0.3, -0.25) is 4.98 Å². The maximum atomic E-state index is 12.5. The molecule has 0 bridgehead atoms. The fourth-order valence-electron chi connectivity index (χ4n) is 3.06. The number of thioether (sulfide) groups is 1. The fourth-order valence-corrected chi connectivity index (χ4v) is 3.53. The van der Waals surface area contributed by atoms with Crippen molar-refractivity contribution >= 4 is 29.4 Å². The smallest absolute Gasteiger partial charge is 0.326 e. The highest BCUT2D eigenvalue weighted by molar-refractivity contribution is 7.98. The molecule has 0 radical (unpaired) electrons. The number of carboxylic acid groups (broad SMARTS) is 1. The first-order chi connectivity index (χ1) is 15.6. The Balaban J connectivity index is 1.78. The van der Waals surface area contributed by atoms with Gasteiger partial charge in [-0.25, -0.2) is 9.59 Å². The first kappa shape index (κ1) is 23.1. The molecule has 2 aromatic carbocycles. The Bertz CT molecular complexity index is 1030. The molecule has 1 heterocycles. The van der Waals surface area contributed by atoms with E-state index in [1.165, 1.54) is 11.8 Å². The Morgan fingerprint density at radius 1 is 1.12 bits per heavy atom. The predicted molar refractivity (Wildman–Crippen MR) is 127 cm³/mol. The summed E-state index contributed by atoms with van der Waals surface area (Å²) in [6.07, 6.45) is 5.57. The summed E-state index contributed by atoms with van der Waals surface area (Å²) in [7, 11) is 0. The van der Waals surface area contributed by atoms with Crippen molar-refractivity contribution < 1.29 is 19.4 Å². The molecule has 0 saturated heterocycles. The van der Waals surface area contributed by atoms with Gasteiger partial charge in [-0.1, -0.05) is 36.4 Å². The zero-order valence-electron chi connectivity index (χ0n) is 17.7. The van der Waals surface area contributed by atoms with Crippen molar-refractivity contribution in [3.63, 3.8) is 0 Å². The molecule has 7 nitrogen and oxygen atoms in total. The second-order valence-corrected chi connectivity index (χ2v) is 7.98. The standard InChI is InChI=1S/C24H25N3O4S/c1-32-13-11-22(23(28)29)27-24(30)26-21-10-9-17(16-31-19-8-5-12-25-15-19)14-20(21)18-6-3-2-4-7-18/h2-10,12,14-15,22H,11,13,16H2,1H3,(H,28,29)(H2,26,27,30). The van der Waals surface area contributed by atoms with E-state index in [9.17, 15) is 14.7 Å². The number of nitrogens with zero attached hydrogens (tertiary/aromatic N) is 1. The van der Waals surface area contributed by atoms with Crippen molar-refractivity contribution in [1.29, 1.82) is 0 Å². The molecule has 0 aliphatic heterocycles. The largest absolute Gasteiger partial charge is 0.487 e. The highest BCUT2D eigenvalue weighted by Gasteiger charge is 2.20. The molecule has 3 rings (SSSR count). The summed E-state index contributed by atoms with van der Waals surface area (Å²) in [6, 6.07) is 17.4. The lowest BCUT2D eigenvalue weighted by Gasteiger charge is -2.17. The molecular formula is C24H25N3O4S. The molecule has 1 aromatic heterocycles. The number of anilines is 1. The third-order valence-electron chi connectivity index (χ3n) is 4.67. The van der Waals surface area contributed by atoms with E-state index < -0.39 is 18.0 Å². The van der Waals surface area contributed by atoms with Crippen LogP contribution in [0.25, 0.3) is 11.1 Å². The number of ether oxygens (including phenoxy) is 1. The van der Waals surface area contributed by atoms with Crippen LogP contribution in [0.3, 0.4) is 0 Å². The first-order valence-electron chi connectivity index (χ1n) is 10.1. The summed E-state index contributed by atoms with van der Waals surface area (Å²) in [5.41, 5.74) is 3.22. The zero-order valence-corrected chi connectivity index (χ0v) is 18.5. The van der Waals surface area contributed by atoms with Gasteiger partial charge >= 0.3 is 12.0 Å². The summed E-state index contributed by atoms with van der Waals surface area (Å²) in [6.45, 7) is 0.341. The molecule has 0 aliphatic carbocycles. The number of aliphatic carboxylic acids is 1. The van der Waals surface area contributed by atoms with Gasteiger partial charge in [0.25, 0.3) is 0 Å². The van der Waals surface area contributed by atoms with Gasteiger partial charge in [0.2, 0.25) is 0 Å². The van der Waals surface area contributed by atoms with Gasteiger partial charge in [-0.2, -0.15) is 11.8 Å². The molecule has 1 unspecified atom stereocenters. The second-order valence-electron chi connectivity index (χ2n) is 6.99. The minimum Gasteiger partial charge on any atom is -0.487 e. The number of nitrogens with one attached hydrogen (secondary N) is 2. The summed E-state index contributed by atoms with van der Waals surface area (Å²) in [5, 5.41) is 14.7. The van der Waals surface area contributed by atoms with E-state index >= 15 is 0 Å². The third-order valence-corrected chi connectivity index (χ3v) is 5.31. The van der Waals surface area contributed by atoms with Gasteiger partial charge in [0.05, 0.1) is 11.9 Å². The first-order valence-corrected chi connectivity index (χ1v) is 11.5. The van der Waals surface area contributed by atoms with Crippen LogP contribution in [0.4, 0.5) is 10.5 Å². The van der Waals surface area contributed by atoms with Crippen LogP contribution in [0.5, 0.6) is 5.75 Å². The molecule has 3 N–H and O–H groups in total. The predicted octanol–water partition coefficient (Wildman–Crippen LogP) is 4.66. The Labute approximate surface area is 191 Å². The van der Waals surface area contributed by atoms with Crippen molar-refractivity contribution in [1.82, 2.24) is 10.3 Å². The minimum absolute atomic E-state index is 0.341. The van der Waals surface area contributed by atoms with Crippen LogP contribution in [0.2, 0.25) is 0 Å². The Hall–Kier alpha value is -3.52. The number of rotatable bonds is 10. The van der Waals surface area contributed by atoms with Gasteiger partial charge < -0.3 is 20.5 Å². The molecule has 32 heavy (non-hydrogen) atoms. The van der Waals surface area contributed by atoms with Gasteiger partial charge in [-0.05, 0) is 53.8 Å². The molecule has 0 spiro atoms. The molecule has 3 aromatic rings. The molecule has 8 heteroatoms. The number of pyridine rings is 1. The minimum atomic E-state index is -1.06. The molecule has 0 fully saturated rings. The van der Waals surface area contributed by atoms with Crippen molar-refractivity contribution in [2.45, 2.75) is 19.1 Å². The van der Waals surface area contributed by atoms with E-state index in [0.29, 0.717) is 30.2 Å². The normalized spacial score (nSPS) is 11.4. The van der Waals surface area contributed by atoms with Crippen LogP contribution < -0.4 is 15.4 Å². The highest BCUT2D eigenvalue weighted by Crippen LogP contribution is 2.29. The van der Waals surface area contributed by atoms with Crippen molar-refractivity contribution in [2.24, 2.45) is 0 Å². The SMILES string of the molecule is CSCCC(NC(=O)Nc1ccc(COc2cccnc2)cc1-c1ccccc1)C(=O)O. The van der Waals surface area contributed by atoms with Crippen LogP contribution in [-0.4, -0.2) is 40.1 Å². The molecule has 166 valence electrons. The lowest BCUT2D eigenvalue weighted by atomic mass is 10.0. The van der Waals surface area contributed by atoms with E-state index in [0.717, 1.165) is 16.7 Å². The lowest BCUT2D eigenvalue weighted by molar-refractivity contribution is -0.139. The number of benzene rings is 2. The molecule has 2 amide bonds. The molecule has 0 aliphatic rings. The number of urea groups is 1. The number of hydrogen-bond acceptors (Lipinski definition) is 5. The third kappa shape index (κ3) is 6.75. The molecule has 1 atom stereocenters. The summed E-state index contributed by atoms with van der Waals surface area (Å²) in [4.78, 5) is 28.0. The highest BCUT2D eigenvalue weighted by atomic mass is 32.2. The average molecular weight is 452 g/mol. The number of aromatic nitrogens is 1. The van der Waals surface area contributed by atoms with Gasteiger partial charge in [0, 0.05) is 11.8 Å². The number of carboxylic acids is 1. The Kier molecular flexibility index (Phi) is 8.51. The van der Waals surface area contributed by atoms with Gasteiger partial charge in [0.15, 0.2) is 0 Å². The van der Waals surface area contributed by atoms with Crippen molar-refractivity contribution in [3.8, 4) is 16.9 Å². The van der Waals surface area contributed by atoms with E-state index in [4.69, 9.17) is 4.74 Å². The lowest BCUT2D eigenvalue weighted by Crippen LogP contribution is -2.43. The van der Waals surface area contributed by atoms with E-state index in [2.05, 4.69) is 15.6 Å². The van der Waals surface area contributed by atoms with Crippen molar-refractivity contribution in [3.05, 3.63) is 78.6 Å². The van der Waals surface area contributed by atoms with E-state index in [1.807, 2.05) is 54.8 Å². The number of carbonyl (C=O) groups is 2. The maximum Gasteiger partial charge on any atom is 0.326 e. The molecule has 0 saturated carbocycles. The zero-order chi connectivity index (χ0) is 22.8. The number of amides is 2. The Morgan fingerprint density at radius 3 is 2.62 bits per heavy atom. The number of hydrogen-bond donors (Lipinski definition) is 3. The maximum absolute atomic E-state index is 12.5. The van der Waals surface area contributed by atoms with Gasteiger partial charge in [-0.15, -0.1) is 0 Å². The quantitative estimate of drug-likeness (QED) is 0.415. The number of carbonyl (C=O) groups excluding carboxylic acids is 1. The fraction of sp³-hybridized carbons (Fsp3) is 0.208. The average Bonchev–Trinajstić information content (AvgIpc) is 2.82. The Morgan fingerprint density at radius 2 is 1.94 bits per heavy atom. The summed E-state index contributed by atoms with van der Waals surface area (Å²) >= 11 is 1.53. The second kappa shape index (κ2) is 11.8. The van der Waals surface area contributed by atoms with Crippen LogP contribution in [0.1, 0.15) is 12.0 Å². The van der Waals surface area contributed by atoms with Gasteiger partial charge in [0.1, 0.15) is 18.4 Å². The summed E-state index contributed by atoms with van der Waals surface area (Å²) in [5.74, 6) is 0.249. The topological polar surface area (TPSA) is 101 Å². The van der Waals surface area contributed by atoms with Crippen LogP contribution in [0.15, 0.2) is 73.1 Å². The van der Waals surface area contributed by atoms with Crippen LogP contribution in [-0.2, 0) is 11.4 Å². The monoisotopic (exact) mass is 451 g/mol. The molecular weight excluding hydrogens is 426 g/mol. The van der Waals surface area contributed by atoms with Crippen LogP contribution >= 0.6 is 11.8 Å². The van der Waals surface area contributed by atoms with E-state index in [-0.39, 0.29) is 0 Å². The van der Waals surface area contributed by atoms with Crippen molar-refractivity contribution in [2.75, 3.05) is 17.3 Å². The summed E-state index contributed by atoms with van der Waals surface area (Å²) < 4.78 is 5.79. The van der Waals surface area contributed by atoms with Crippen LogP contribution in [0, 0.1) is 0 Å². The van der Waals surface area contributed by atoms with E-state index in [1.54, 1.807) is 24.5 Å².